The van der Waals surface area contributed by atoms with Gasteiger partial charge < -0.3 is 30.0 Å². The molecule has 1 amide bonds. The van der Waals surface area contributed by atoms with Gasteiger partial charge in [0, 0.05) is 41.4 Å². The summed E-state index contributed by atoms with van der Waals surface area (Å²) in [6.45, 7) is 0.164. The predicted octanol–water partition coefficient (Wildman–Crippen LogP) is 6.01. The summed E-state index contributed by atoms with van der Waals surface area (Å²) < 4.78 is 37.8. The van der Waals surface area contributed by atoms with Gasteiger partial charge in [0.2, 0.25) is 0 Å². The van der Waals surface area contributed by atoms with Gasteiger partial charge in [0.05, 0.1) is 19.2 Å². The van der Waals surface area contributed by atoms with E-state index in [2.05, 4.69) is 10.3 Å². The number of methoxy groups -OCH3 is 1. The quantitative estimate of drug-likeness (QED) is 0.209. The van der Waals surface area contributed by atoms with Gasteiger partial charge in [-0.2, -0.15) is 0 Å². The van der Waals surface area contributed by atoms with Crippen molar-refractivity contribution in [3.63, 3.8) is 0 Å². The van der Waals surface area contributed by atoms with Crippen LogP contribution in [0.2, 0.25) is 0 Å². The van der Waals surface area contributed by atoms with Gasteiger partial charge in [0.25, 0.3) is 5.91 Å². The highest BCUT2D eigenvalue weighted by Crippen LogP contribution is 2.38. The second kappa shape index (κ2) is 13.3. The monoisotopic (exact) mass is 573 g/mol. The van der Waals surface area contributed by atoms with Crippen LogP contribution in [0, 0.1) is 5.82 Å². The fraction of sp³-hybridized carbons (Fsp3) is 0.281. The van der Waals surface area contributed by atoms with E-state index in [0.717, 1.165) is 25.7 Å². The molecule has 1 fully saturated rings. The highest BCUT2D eigenvalue weighted by molar-refractivity contribution is 6.04. The van der Waals surface area contributed by atoms with Crippen molar-refractivity contribution in [1.29, 1.82) is 0 Å². The molecule has 10 heteroatoms. The van der Waals surface area contributed by atoms with Crippen molar-refractivity contribution in [2.45, 2.75) is 44.2 Å². The van der Waals surface area contributed by atoms with Gasteiger partial charge in [-0.3, -0.25) is 14.6 Å². The molecule has 0 saturated heterocycles. The van der Waals surface area contributed by atoms with Crippen molar-refractivity contribution in [2.24, 2.45) is 5.73 Å². The number of amides is 1. The van der Waals surface area contributed by atoms with E-state index < -0.39 is 17.8 Å². The number of hydrogen-bond donors (Lipinski definition) is 2. The molecule has 1 aromatic heterocycles. The number of hydrogen-bond acceptors (Lipinski definition) is 8. The summed E-state index contributed by atoms with van der Waals surface area (Å²) in [6.07, 6.45) is 5.66. The topological polar surface area (TPSA) is 122 Å². The van der Waals surface area contributed by atoms with E-state index in [1.54, 1.807) is 48.5 Å². The highest BCUT2D eigenvalue weighted by Gasteiger charge is 2.23. The Balaban J connectivity index is 1.25. The van der Waals surface area contributed by atoms with Crippen LogP contribution in [0.4, 0.5) is 10.1 Å². The number of benzene rings is 3. The van der Waals surface area contributed by atoms with E-state index in [4.69, 9.17) is 24.7 Å². The van der Waals surface area contributed by atoms with Crippen LogP contribution in [0.15, 0.2) is 72.9 Å². The third-order valence-electron chi connectivity index (χ3n) is 7.01. The molecule has 1 aliphatic carbocycles. The molecule has 0 unspecified atom stereocenters. The largest absolute Gasteiger partial charge is 0.493 e. The molecule has 1 saturated carbocycles. The molecular weight excluding hydrogens is 541 g/mol. The van der Waals surface area contributed by atoms with Crippen molar-refractivity contribution in [3.05, 3.63) is 84.3 Å². The van der Waals surface area contributed by atoms with Gasteiger partial charge in [0.15, 0.2) is 23.1 Å². The molecule has 0 spiro atoms. The summed E-state index contributed by atoms with van der Waals surface area (Å²) in [5.41, 5.74) is 7.30. The number of nitrogens with two attached hydrogens (primary N) is 1. The SMILES string of the molecule is COc1cc2c(Oc3ccc(NC(=O)c4ccccc4)cc3F)ccnc2cc1OCC[C@H](N)C(=O)OC1CCCC1. The molecule has 3 N–H and O–H groups in total. The van der Waals surface area contributed by atoms with E-state index in [1.165, 1.54) is 25.4 Å². The van der Waals surface area contributed by atoms with E-state index in [0.29, 0.717) is 39.4 Å². The number of nitrogens with one attached hydrogen (secondary N) is 1. The summed E-state index contributed by atoms with van der Waals surface area (Å²) in [5.74, 6) is -0.282. The van der Waals surface area contributed by atoms with Gasteiger partial charge >= 0.3 is 5.97 Å². The lowest BCUT2D eigenvalue weighted by molar-refractivity contribution is -0.150. The van der Waals surface area contributed by atoms with Gasteiger partial charge in [-0.15, -0.1) is 0 Å². The van der Waals surface area contributed by atoms with Crippen LogP contribution >= 0.6 is 0 Å². The van der Waals surface area contributed by atoms with Crippen LogP contribution in [0.25, 0.3) is 10.9 Å². The van der Waals surface area contributed by atoms with Crippen molar-refractivity contribution in [3.8, 4) is 23.0 Å². The fourth-order valence-corrected chi connectivity index (χ4v) is 4.73. The zero-order chi connectivity index (χ0) is 29.5. The van der Waals surface area contributed by atoms with E-state index in [-0.39, 0.29) is 30.8 Å². The van der Waals surface area contributed by atoms with Gasteiger partial charge in [0.1, 0.15) is 17.9 Å². The molecule has 0 aliphatic heterocycles. The molecule has 1 aliphatic rings. The van der Waals surface area contributed by atoms with E-state index >= 15 is 0 Å². The average molecular weight is 574 g/mol. The number of aromatic nitrogens is 1. The molecule has 218 valence electrons. The summed E-state index contributed by atoms with van der Waals surface area (Å²) in [7, 11) is 1.50. The Bertz CT molecular complexity index is 1560. The number of halogens is 1. The standard InChI is InChI=1S/C32H32FN3O6/c1-39-29-18-23-26(19-30(29)40-16-14-25(34)32(38)41-22-9-5-6-10-22)35-15-13-27(23)42-28-12-11-21(17-24(28)33)36-31(37)20-7-3-2-4-8-20/h2-4,7-8,11-13,15,17-19,22,25H,5-6,9-10,14,16,34H2,1H3,(H,36,37)/t25-/m0/s1. The lowest BCUT2D eigenvalue weighted by Gasteiger charge is -2.17. The Kier molecular flexibility index (Phi) is 9.13. The van der Waals surface area contributed by atoms with Crippen molar-refractivity contribution >= 4 is 28.5 Å². The Labute approximate surface area is 242 Å². The number of ether oxygens (including phenoxy) is 4. The number of rotatable bonds is 11. The van der Waals surface area contributed by atoms with Crippen LogP contribution < -0.4 is 25.3 Å². The van der Waals surface area contributed by atoms with Crippen LogP contribution in [-0.4, -0.2) is 42.7 Å². The molecule has 4 aromatic rings. The lowest BCUT2D eigenvalue weighted by Crippen LogP contribution is -2.35. The summed E-state index contributed by atoms with van der Waals surface area (Å²) >= 11 is 0. The number of fused-ring (bicyclic) bond motifs is 1. The molecular formula is C32H32FN3O6. The maximum atomic E-state index is 15.0. The van der Waals surface area contributed by atoms with Crippen LogP contribution in [-0.2, 0) is 9.53 Å². The summed E-state index contributed by atoms with van der Waals surface area (Å²) in [6, 6.07) is 17.0. The molecule has 3 aromatic carbocycles. The third-order valence-corrected chi connectivity index (χ3v) is 7.01. The summed E-state index contributed by atoms with van der Waals surface area (Å²) in [5, 5.41) is 3.25. The highest BCUT2D eigenvalue weighted by atomic mass is 19.1. The normalized spacial score (nSPS) is 13.9. The number of pyridine rings is 1. The number of nitrogens with zero attached hydrogens (tertiary/aromatic N) is 1. The second-order valence-corrected chi connectivity index (χ2v) is 9.98. The third kappa shape index (κ3) is 6.95. The minimum absolute atomic E-state index is 0.0296. The zero-order valence-electron chi connectivity index (χ0n) is 23.2. The van der Waals surface area contributed by atoms with Crippen molar-refractivity contribution in [2.75, 3.05) is 19.0 Å². The smallest absolute Gasteiger partial charge is 0.323 e. The number of anilines is 1. The molecule has 5 rings (SSSR count). The fourth-order valence-electron chi connectivity index (χ4n) is 4.73. The molecule has 1 heterocycles. The average Bonchev–Trinajstić information content (AvgIpc) is 3.51. The second-order valence-electron chi connectivity index (χ2n) is 9.98. The molecule has 9 nitrogen and oxygen atoms in total. The number of esters is 1. The summed E-state index contributed by atoms with van der Waals surface area (Å²) in [4.78, 5) is 29.1. The predicted molar refractivity (Wildman–Crippen MR) is 156 cm³/mol. The van der Waals surface area contributed by atoms with Crippen molar-refractivity contribution in [1.82, 2.24) is 4.98 Å². The van der Waals surface area contributed by atoms with Crippen molar-refractivity contribution < 1.29 is 32.9 Å². The van der Waals surface area contributed by atoms with Crippen LogP contribution in [0.5, 0.6) is 23.0 Å². The number of carbonyl (C=O) groups is 2. The lowest BCUT2D eigenvalue weighted by atomic mass is 10.1. The first-order valence-electron chi connectivity index (χ1n) is 13.8. The maximum Gasteiger partial charge on any atom is 0.323 e. The Morgan fingerprint density at radius 3 is 2.52 bits per heavy atom. The van der Waals surface area contributed by atoms with Crippen LogP contribution in [0.3, 0.4) is 0 Å². The van der Waals surface area contributed by atoms with Gasteiger partial charge in [-0.1, -0.05) is 18.2 Å². The molecule has 1 atom stereocenters. The first kappa shape index (κ1) is 28.8. The molecule has 0 bridgehead atoms. The molecule has 0 radical (unpaired) electrons. The maximum absolute atomic E-state index is 15.0. The number of carbonyl (C=O) groups excluding carboxylic acids is 2. The minimum Gasteiger partial charge on any atom is -0.493 e. The first-order valence-corrected chi connectivity index (χ1v) is 13.8. The Hall–Kier alpha value is -4.70. The molecule has 42 heavy (non-hydrogen) atoms. The minimum atomic E-state index is -0.789. The van der Waals surface area contributed by atoms with Gasteiger partial charge in [-0.05, 0) is 62.1 Å². The zero-order valence-corrected chi connectivity index (χ0v) is 23.2. The van der Waals surface area contributed by atoms with Crippen LogP contribution in [0.1, 0.15) is 42.5 Å². The van der Waals surface area contributed by atoms with E-state index in [1.807, 2.05) is 6.07 Å². The van der Waals surface area contributed by atoms with E-state index in [9.17, 15) is 14.0 Å². The van der Waals surface area contributed by atoms with Gasteiger partial charge in [-0.25, -0.2) is 4.39 Å². The first-order chi connectivity index (χ1) is 20.4. The Morgan fingerprint density at radius 2 is 1.79 bits per heavy atom. The Morgan fingerprint density at radius 1 is 1.00 bits per heavy atom.